The van der Waals surface area contributed by atoms with Gasteiger partial charge in [0.1, 0.15) is 6.04 Å². The minimum absolute atomic E-state index is 0.326. The fourth-order valence-corrected chi connectivity index (χ4v) is 2.40. The zero-order valence-corrected chi connectivity index (χ0v) is 13.8. The first-order valence-corrected chi connectivity index (χ1v) is 7.58. The molecule has 0 spiro atoms. The Hall–Kier alpha value is -2.33. The summed E-state index contributed by atoms with van der Waals surface area (Å²) in [5.41, 5.74) is 2.39. The highest BCUT2D eigenvalue weighted by atomic mass is 35.5. The topological polar surface area (TPSA) is 55.4 Å². The molecule has 0 saturated carbocycles. The standard InChI is InChI=1S/C18H18ClNO3/c1-12-7-9-13(10-8-12)11-16(18(22)23-2)20-17(21)14-5-3-4-6-15(14)19/h3-10,16H,11H2,1-2H3,(H,20,21)/t16-/m1/s1. The molecule has 2 rings (SSSR count). The van der Waals surface area contributed by atoms with Gasteiger partial charge >= 0.3 is 5.97 Å². The number of benzene rings is 2. The molecule has 4 nitrogen and oxygen atoms in total. The van der Waals surface area contributed by atoms with Crippen molar-refractivity contribution in [1.82, 2.24) is 5.32 Å². The van der Waals surface area contributed by atoms with Gasteiger partial charge in [0.2, 0.25) is 0 Å². The molecule has 0 bridgehead atoms. The van der Waals surface area contributed by atoms with Crippen LogP contribution in [0.1, 0.15) is 21.5 Å². The van der Waals surface area contributed by atoms with Crippen LogP contribution in [0.3, 0.4) is 0 Å². The maximum absolute atomic E-state index is 12.3. The molecule has 0 radical (unpaired) electrons. The number of esters is 1. The molecule has 0 aliphatic heterocycles. The summed E-state index contributed by atoms with van der Waals surface area (Å²) in [6.07, 6.45) is 0.350. The second-order valence-electron chi connectivity index (χ2n) is 5.22. The zero-order valence-electron chi connectivity index (χ0n) is 13.0. The average Bonchev–Trinajstić information content (AvgIpc) is 2.55. The Morgan fingerprint density at radius 3 is 2.39 bits per heavy atom. The van der Waals surface area contributed by atoms with Crippen molar-refractivity contribution < 1.29 is 14.3 Å². The van der Waals surface area contributed by atoms with Crippen molar-refractivity contribution in [2.24, 2.45) is 0 Å². The van der Waals surface area contributed by atoms with Crippen molar-refractivity contribution in [3.63, 3.8) is 0 Å². The van der Waals surface area contributed by atoms with E-state index in [0.717, 1.165) is 11.1 Å². The van der Waals surface area contributed by atoms with E-state index >= 15 is 0 Å². The Morgan fingerprint density at radius 1 is 1.13 bits per heavy atom. The first-order chi connectivity index (χ1) is 11.0. The summed E-state index contributed by atoms with van der Waals surface area (Å²) in [7, 11) is 1.30. The molecule has 0 aromatic heterocycles. The molecule has 2 aromatic carbocycles. The maximum Gasteiger partial charge on any atom is 0.328 e. The quantitative estimate of drug-likeness (QED) is 0.856. The lowest BCUT2D eigenvalue weighted by atomic mass is 10.0. The van der Waals surface area contributed by atoms with Crippen molar-refractivity contribution in [2.75, 3.05) is 7.11 Å². The third-order valence-corrected chi connectivity index (χ3v) is 3.80. The molecule has 0 unspecified atom stereocenters. The predicted molar refractivity (Wildman–Crippen MR) is 89.6 cm³/mol. The number of aryl methyl sites for hydroxylation is 1. The molecule has 0 aliphatic rings. The highest BCUT2D eigenvalue weighted by Crippen LogP contribution is 2.15. The first-order valence-electron chi connectivity index (χ1n) is 7.20. The third-order valence-electron chi connectivity index (χ3n) is 3.47. The fraction of sp³-hybridized carbons (Fsp3) is 0.222. The van der Waals surface area contributed by atoms with E-state index < -0.39 is 17.9 Å². The Bertz CT molecular complexity index is 698. The largest absolute Gasteiger partial charge is 0.467 e. The van der Waals surface area contributed by atoms with Crippen LogP contribution in [-0.2, 0) is 16.0 Å². The molecule has 23 heavy (non-hydrogen) atoms. The van der Waals surface area contributed by atoms with Gasteiger partial charge in [-0.2, -0.15) is 0 Å². The number of ether oxygens (including phenoxy) is 1. The summed E-state index contributed by atoms with van der Waals surface area (Å²) in [5.74, 6) is -0.899. The van der Waals surface area contributed by atoms with Gasteiger partial charge in [-0.25, -0.2) is 4.79 Å². The lowest BCUT2D eigenvalue weighted by Crippen LogP contribution is -2.43. The molecule has 1 atom stereocenters. The van der Waals surface area contributed by atoms with E-state index in [1.165, 1.54) is 7.11 Å². The van der Waals surface area contributed by atoms with E-state index in [1.807, 2.05) is 31.2 Å². The van der Waals surface area contributed by atoms with E-state index in [4.69, 9.17) is 16.3 Å². The minimum atomic E-state index is -0.772. The summed E-state index contributed by atoms with van der Waals surface area (Å²) in [6, 6.07) is 13.7. The van der Waals surface area contributed by atoms with E-state index in [2.05, 4.69) is 5.32 Å². The van der Waals surface area contributed by atoms with Gasteiger partial charge < -0.3 is 10.1 Å². The van der Waals surface area contributed by atoms with Gasteiger partial charge in [0, 0.05) is 6.42 Å². The normalized spacial score (nSPS) is 11.6. The second kappa shape index (κ2) is 7.79. The first kappa shape index (κ1) is 17.0. The molecule has 1 N–H and O–H groups in total. The molecule has 0 fully saturated rings. The van der Waals surface area contributed by atoms with Crippen molar-refractivity contribution in [1.29, 1.82) is 0 Å². The number of rotatable bonds is 5. The van der Waals surface area contributed by atoms with E-state index in [-0.39, 0.29) is 0 Å². The summed E-state index contributed by atoms with van der Waals surface area (Å²) in [4.78, 5) is 24.3. The van der Waals surface area contributed by atoms with E-state index in [0.29, 0.717) is 17.0 Å². The SMILES string of the molecule is COC(=O)[C@@H](Cc1ccc(C)cc1)NC(=O)c1ccccc1Cl. The van der Waals surface area contributed by atoms with Gasteiger partial charge in [-0.15, -0.1) is 0 Å². The minimum Gasteiger partial charge on any atom is -0.467 e. The van der Waals surface area contributed by atoms with Gasteiger partial charge in [0.05, 0.1) is 17.7 Å². The highest BCUT2D eigenvalue weighted by Gasteiger charge is 2.23. The second-order valence-corrected chi connectivity index (χ2v) is 5.63. The van der Waals surface area contributed by atoms with Gasteiger partial charge in [-0.1, -0.05) is 53.6 Å². The lowest BCUT2D eigenvalue weighted by molar-refractivity contribution is -0.142. The number of hydrogen-bond acceptors (Lipinski definition) is 3. The summed E-state index contributed by atoms with van der Waals surface area (Å²) in [6.45, 7) is 1.99. The van der Waals surface area contributed by atoms with E-state index in [9.17, 15) is 9.59 Å². The molecular formula is C18H18ClNO3. The van der Waals surface area contributed by atoms with Crippen LogP contribution < -0.4 is 5.32 Å². The van der Waals surface area contributed by atoms with Crippen LogP contribution in [0.25, 0.3) is 0 Å². The number of hydrogen-bond donors (Lipinski definition) is 1. The number of methoxy groups -OCH3 is 1. The predicted octanol–water partition coefficient (Wildman–Crippen LogP) is 3.16. The van der Waals surface area contributed by atoms with Crippen LogP contribution in [0.2, 0.25) is 5.02 Å². The highest BCUT2D eigenvalue weighted by molar-refractivity contribution is 6.33. The van der Waals surface area contributed by atoms with E-state index in [1.54, 1.807) is 24.3 Å². The molecule has 0 heterocycles. The van der Waals surface area contributed by atoms with Crippen molar-refractivity contribution in [2.45, 2.75) is 19.4 Å². The molecular weight excluding hydrogens is 314 g/mol. The third kappa shape index (κ3) is 4.57. The van der Waals surface area contributed by atoms with Gasteiger partial charge in [-0.3, -0.25) is 4.79 Å². The van der Waals surface area contributed by atoms with Crippen LogP contribution >= 0.6 is 11.6 Å². The van der Waals surface area contributed by atoms with Crippen LogP contribution in [0.5, 0.6) is 0 Å². The summed E-state index contributed by atoms with van der Waals surface area (Å²) < 4.78 is 4.79. The molecule has 5 heteroatoms. The lowest BCUT2D eigenvalue weighted by Gasteiger charge is -2.17. The number of amides is 1. The number of carbonyl (C=O) groups excluding carboxylic acids is 2. The van der Waals surface area contributed by atoms with Crippen molar-refractivity contribution >= 4 is 23.5 Å². The summed E-state index contributed by atoms with van der Waals surface area (Å²) >= 11 is 6.02. The van der Waals surface area contributed by atoms with Crippen molar-refractivity contribution in [3.8, 4) is 0 Å². The van der Waals surface area contributed by atoms with Crippen LogP contribution in [0.15, 0.2) is 48.5 Å². The fourth-order valence-electron chi connectivity index (χ4n) is 2.18. The molecule has 0 aliphatic carbocycles. The number of nitrogens with one attached hydrogen (secondary N) is 1. The molecule has 0 saturated heterocycles. The average molecular weight is 332 g/mol. The Morgan fingerprint density at radius 2 is 1.78 bits per heavy atom. The Labute approximate surface area is 140 Å². The molecule has 2 aromatic rings. The van der Waals surface area contributed by atoms with Gasteiger partial charge in [-0.05, 0) is 24.6 Å². The molecule has 120 valence electrons. The molecule has 1 amide bonds. The Balaban J connectivity index is 2.15. The smallest absolute Gasteiger partial charge is 0.328 e. The monoisotopic (exact) mass is 331 g/mol. The maximum atomic E-state index is 12.3. The van der Waals surface area contributed by atoms with Crippen LogP contribution in [0.4, 0.5) is 0 Å². The number of halogens is 1. The van der Waals surface area contributed by atoms with Gasteiger partial charge in [0.25, 0.3) is 5.91 Å². The number of carbonyl (C=O) groups is 2. The van der Waals surface area contributed by atoms with Crippen LogP contribution in [0, 0.1) is 6.92 Å². The summed E-state index contributed by atoms with van der Waals surface area (Å²) in [5, 5.41) is 3.03. The van der Waals surface area contributed by atoms with Gasteiger partial charge in [0.15, 0.2) is 0 Å². The van der Waals surface area contributed by atoms with Crippen LogP contribution in [-0.4, -0.2) is 25.0 Å². The Kier molecular flexibility index (Phi) is 5.77. The van der Waals surface area contributed by atoms with Crippen molar-refractivity contribution in [3.05, 3.63) is 70.2 Å². The zero-order chi connectivity index (χ0) is 16.8.